The lowest BCUT2D eigenvalue weighted by molar-refractivity contribution is 0.0942. The van der Waals surface area contributed by atoms with Crippen molar-refractivity contribution in [3.63, 3.8) is 0 Å². The lowest BCUT2D eigenvalue weighted by Gasteiger charge is -2.12. The second-order valence-electron chi connectivity index (χ2n) is 6.74. The van der Waals surface area contributed by atoms with Crippen LogP contribution in [0.1, 0.15) is 27.2 Å². The van der Waals surface area contributed by atoms with Gasteiger partial charge in [-0.3, -0.25) is 4.79 Å². The first-order chi connectivity index (χ1) is 13.7. The SMILES string of the molecule is COc1ccc(CNC(=O)c2cc3occc3n2Cc2ccccc2C)cc1. The Morgan fingerprint density at radius 2 is 1.89 bits per heavy atom. The van der Waals surface area contributed by atoms with E-state index >= 15 is 0 Å². The molecule has 5 heteroatoms. The summed E-state index contributed by atoms with van der Waals surface area (Å²) in [7, 11) is 1.63. The molecule has 0 aliphatic rings. The standard InChI is InChI=1S/C23H22N2O3/c1-16-5-3-4-6-18(16)15-25-20-11-12-28-22(20)13-21(25)23(26)24-14-17-7-9-19(27-2)10-8-17/h3-13H,14-15H2,1-2H3,(H,24,26). The number of hydrogen-bond donors (Lipinski definition) is 1. The fourth-order valence-electron chi connectivity index (χ4n) is 3.31. The number of furan rings is 1. The fourth-order valence-corrected chi connectivity index (χ4v) is 3.31. The molecule has 4 rings (SSSR count). The zero-order valence-corrected chi connectivity index (χ0v) is 15.9. The zero-order chi connectivity index (χ0) is 19.5. The van der Waals surface area contributed by atoms with Crippen LogP contribution >= 0.6 is 0 Å². The van der Waals surface area contributed by atoms with Crippen molar-refractivity contribution < 1.29 is 13.9 Å². The topological polar surface area (TPSA) is 56.4 Å². The minimum Gasteiger partial charge on any atom is -0.497 e. The van der Waals surface area contributed by atoms with Gasteiger partial charge in [0.05, 0.1) is 18.9 Å². The molecule has 2 heterocycles. The normalized spacial score (nSPS) is 10.9. The largest absolute Gasteiger partial charge is 0.497 e. The average molecular weight is 374 g/mol. The Morgan fingerprint density at radius 1 is 1.11 bits per heavy atom. The van der Waals surface area contributed by atoms with Gasteiger partial charge < -0.3 is 19.0 Å². The number of rotatable bonds is 6. The summed E-state index contributed by atoms with van der Waals surface area (Å²) < 4.78 is 12.7. The predicted octanol–water partition coefficient (Wildman–Crippen LogP) is 4.53. The molecule has 0 radical (unpaired) electrons. The molecule has 28 heavy (non-hydrogen) atoms. The van der Waals surface area contributed by atoms with Crippen LogP contribution < -0.4 is 10.1 Å². The molecule has 0 aliphatic carbocycles. The summed E-state index contributed by atoms with van der Waals surface area (Å²) in [5.74, 6) is 0.665. The van der Waals surface area contributed by atoms with Crippen molar-refractivity contribution in [1.82, 2.24) is 9.88 Å². The maximum Gasteiger partial charge on any atom is 0.268 e. The molecule has 0 spiro atoms. The number of carbonyl (C=O) groups is 1. The molecule has 4 aromatic rings. The predicted molar refractivity (Wildman–Crippen MR) is 109 cm³/mol. The van der Waals surface area contributed by atoms with Crippen LogP contribution in [0, 0.1) is 6.92 Å². The van der Waals surface area contributed by atoms with E-state index in [0.717, 1.165) is 16.8 Å². The van der Waals surface area contributed by atoms with Gasteiger partial charge in [0.25, 0.3) is 5.91 Å². The van der Waals surface area contributed by atoms with Gasteiger partial charge in [0.2, 0.25) is 0 Å². The molecule has 2 aromatic carbocycles. The number of nitrogens with one attached hydrogen (secondary N) is 1. The van der Waals surface area contributed by atoms with Crippen LogP contribution in [0.4, 0.5) is 0 Å². The second kappa shape index (κ2) is 7.64. The van der Waals surface area contributed by atoms with Gasteiger partial charge in [-0.25, -0.2) is 0 Å². The minimum absolute atomic E-state index is 0.129. The van der Waals surface area contributed by atoms with Crippen LogP contribution in [0.3, 0.4) is 0 Å². The molecular formula is C23H22N2O3. The average Bonchev–Trinajstić information content (AvgIpc) is 3.31. The van der Waals surface area contributed by atoms with E-state index in [-0.39, 0.29) is 5.91 Å². The van der Waals surface area contributed by atoms with Crippen LogP contribution in [-0.2, 0) is 13.1 Å². The number of nitrogens with zero attached hydrogens (tertiary/aromatic N) is 1. The van der Waals surface area contributed by atoms with Gasteiger partial charge in [-0.1, -0.05) is 36.4 Å². The molecule has 0 bridgehead atoms. The van der Waals surface area contributed by atoms with Crippen molar-refractivity contribution in [2.75, 3.05) is 7.11 Å². The van der Waals surface area contributed by atoms with Crippen LogP contribution in [0.5, 0.6) is 5.75 Å². The van der Waals surface area contributed by atoms with Crippen molar-refractivity contribution >= 4 is 17.0 Å². The Hall–Kier alpha value is -3.47. The highest BCUT2D eigenvalue weighted by atomic mass is 16.5. The molecule has 0 aliphatic heterocycles. The highest BCUT2D eigenvalue weighted by Gasteiger charge is 2.18. The number of ether oxygens (including phenoxy) is 1. The Labute approximate surface area is 163 Å². The summed E-state index contributed by atoms with van der Waals surface area (Å²) in [5, 5.41) is 3.00. The molecule has 5 nitrogen and oxygen atoms in total. The number of fused-ring (bicyclic) bond motifs is 1. The summed E-state index contributed by atoms with van der Waals surface area (Å²) in [5.41, 5.74) is 5.59. The highest BCUT2D eigenvalue weighted by Crippen LogP contribution is 2.23. The van der Waals surface area contributed by atoms with Crippen molar-refractivity contribution in [2.24, 2.45) is 0 Å². The summed E-state index contributed by atoms with van der Waals surface area (Å²) >= 11 is 0. The number of methoxy groups -OCH3 is 1. The molecule has 142 valence electrons. The first kappa shape index (κ1) is 17.9. The van der Waals surface area contributed by atoms with Gasteiger partial charge in [0.15, 0.2) is 5.58 Å². The van der Waals surface area contributed by atoms with Crippen molar-refractivity contribution in [1.29, 1.82) is 0 Å². The number of carbonyl (C=O) groups excluding carboxylic acids is 1. The maximum atomic E-state index is 12.9. The van der Waals surface area contributed by atoms with Gasteiger partial charge in [-0.2, -0.15) is 0 Å². The Morgan fingerprint density at radius 3 is 2.64 bits per heavy atom. The van der Waals surface area contributed by atoms with Crippen molar-refractivity contribution in [2.45, 2.75) is 20.0 Å². The second-order valence-corrected chi connectivity index (χ2v) is 6.74. The third-order valence-electron chi connectivity index (χ3n) is 4.96. The number of hydrogen-bond acceptors (Lipinski definition) is 3. The third kappa shape index (κ3) is 3.51. The number of aromatic nitrogens is 1. The molecule has 0 atom stereocenters. The summed E-state index contributed by atoms with van der Waals surface area (Å²) in [4.78, 5) is 12.9. The van der Waals surface area contributed by atoms with Gasteiger partial charge in [-0.15, -0.1) is 0 Å². The minimum atomic E-state index is -0.129. The zero-order valence-electron chi connectivity index (χ0n) is 15.9. The van der Waals surface area contributed by atoms with E-state index in [0.29, 0.717) is 24.4 Å². The van der Waals surface area contributed by atoms with E-state index in [2.05, 4.69) is 24.4 Å². The Balaban J connectivity index is 1.58. The molecule has 1 amide bonds. The van der Waals surface area contributed by atoms with Crippen LogP contribution in [0.2, 0.25) is 0 Å². The van der Waals surface area contributed by atoms with E-state index in [1.807, 2.05) is 47.0 Å². The van der Waals surface area contributed by atoms with E-state index < -0.39 is 0 Å². The first-order valence-corrected chi connectivity index (χ1v) is 9.18. The molecule has 2 aromatic heterocycles. The molecule has 0 unspecified atom stereocenters. The molecule has 0 saturated carbocycles. The maximum absolute atomic E-state index is 12.9. The van der Waals surface area contributed by atoms with Gasteiger partial charge in [0.1, 0.15) is 11.4 Å². The number of aryl methyl sites for hydroxylation is 1. The van der Waals surface area contributed by atoms with E-state index in [4.69, 9.17) is 9.15 Å². The third-order valence-corrected chi connectivity index (χ3v) is 4.96. The quantitative estimate of drug-likeness (QED) is 0.539. The Kier molecular flexibility index (Phi) is 4.89. The van der Waals surface area contributed by atoms with Gasteiger partial charge in [-0.05, 0) is 35.7 Å². The summed E-state index contributed by atoms with van der Waals surface area (Å²) in [6.45, 7) is 3.13. The van der Waals surface area contributed by atoms with Crippen LogP contribution in [0.25, 0.3) is 11.1 Å². The molecule has 0 fully saturated rings. The number of benzene rings is 2. The molecule has 1 N–H and O–H groups in total. The Bertz CT molecular complexity index is 1110. The summed E-state index contributed by atoms with van der Waals surface area (Å²) in [6, 6.07) is 19.5. The van der Waals surface area contributed by atoms with E-state index in [9.17, 15) is 4.79 Å². The van der Waals surface area contributed by atoms with E-state index in [1.54, 1.807) is 19.4 Å². The van der Waals surface area contributed by atoms with Crippen LogP contribution in [-0.4, -0.2) is 17.6 Å². The van der Waals surface area contributed by atoms with E-state index in [1.165, 1.54) is 11.1 Å². The van der Waals surface area contributed by atoms with Crippen molar-refractivity contribution in [3.8, 4) is 5.75 Å². The highest BCUT2D eigenvalue weighted by molar-refractivity contribution is 5.97. The fraction of sp³-hybridized carbons (Fsp3) is 0.174. The van der Waals surface area contributed by atoms with Crippen molar-refractivity contribution in [3.05, 3.63) is 89.3 Å². The van der Waals surface area contributed by atoms with Crippen LogP contribution in [0.15, 0.2) is 71.3 Å². The number of amides is 1. The lowest BCUT2D eigenvalue weighted by atomic mass is 10.1. The van der Waals surface area contributed by atoms with Gasteiger partial charge >= 0.3 is 0 Å². The molecule has 0 saturated heterocycles. The summed E-state index contributed by atoms with van der Waals surface area (Å²) in [6.07, 6.45) is 1.65. The lowest BCUT2D eigenvalue weighted by Crippen LogP contribution is -2.25. The monoisotopic (exact) mass is 374 g/mol. The smallest absolute Gasteiger partial charge is 0.268 e. The first-order valence-electron chi connectivity index (χ1n) is 9.18. The molecular weight excluding hydrogens is 352 g/mol. The van der Waals surface area contributed by atoms with Gasteiger partial charge in [0, 0.05) is 25.2 Å².